The number of ether oxygens (including phenoxy) is 1. The second kappa shape index (κ2) is 5.58. The quantitative estimate of drug-likeness (QED) is 0.851. The van der Waals surface area contributed by atoms with E-state index in [9.17, 15) is 4.39 Å². The summed E-state index contributed by atoms with van der Waals surface area (Å²) in [7, 11) is 0. The lowest BCUT2D eigenvalue weighted by molar-refractivity contribution is -0.0403. The van der Waals surface area contributed by atoms with Crippen LogP contribution in [0.15, 0.2) is 22.7 Å². The third kappa shape index (κ3) is 2.65. The van der Waals surface area contributed by atoms with Crippen LogP contribution in [-0.2, 0) is 10.3 Å². The summed E-state index contributed by atoms with van der Waals surface area (Å²) in [6.45, 7) is 6.30. The summed E-state index contributed by atoms with van der Waals surface area (Å²) < 4.78 is 24.2. The number of rotatable bonds is 5. The van der Waals surface area contributed by atoms with Gasteiger partial charge in [-0.25, -0.2) is 4.39 Å². The van der Waals surface area contributed by atoms with Crippen molar-refractivity contribution in [3.05, 3.63) is 29.8 Å². The molecule has 2 aromatic rings. The minimum absolute atomic E-state index is 0.191. The van der Waals surface area contributed by atoms with Crippen molar-refractivity contribution in [3.8, 4) is 11.5 Å². The van der Waals surface area contributed by atoms with E-state index in [1.807, 2.05) is 20.8 Å². The van der Waals surface area contributed by atoms with E-state index in [1.165, 1.54) is 18.2 Å². The van der Waals surface area contributed by atoms with Gasteiger partial charge in [-0.1, -0.05) is 12.1 Å². The van der Waals surface area contributed by atoms with Crippen LogP contribution in [0, 0.1) is 5.82 Å². The molecule has 6 heteroatoms. The maximum absolute atomic E-state index is 13.3. The Morgan fingerprint density at radius 3 is 2.80 bits per heavy atom. The van der Waals surface area contributed by atoms with Crippen molar-refractivity contribution in [2.75, 3.05) is 12.3 Å². The Morgan fingerprint density at radius 2 is 2.15 bits per heavy atom. The highest BCUT2D eigenvalue weighted by atomic mass is 19.1. The SMILES string of the molecule is CCOC(C)(CC)c1noc(-c2cc(F)ccc2N)n1. The van der Waals surface area contributed by atoms with E-state index in [1.54, 1.807) is 0 Å². The number of halogens is 1. The fourth-order valence-corrected chi connectivity index (χ4v) is 1.90. The summed E-state index contributed by atoms with van der Waals surface area (Å²) in [5, 5.41) is 3.94. The van der Waals surface area contributed by atoms with E-state index in [4.69, 9.17) is 15.0 Å². The lowest BCUT2D eigenvalue weighted by Crippen LogP contribution is -2.26. The number of hydrogen-bond acceptors (Lipinski definition) is 5. The van der Waals surface area contributed by atoms with Gasteiger partial charge in [0.05, 0.1) is 5.56 Å². The zero-order valence-electron chi connectivity index (χ0n) is 11.8. The molecule has 0 saturated carbocycles. The first-order valence-electron chi connectivity index (χ1n) is 6.53. The second-order valence-electron chi connectivity index (χ2n) is 4.67. The Hall–Kier alpha value is -1.95. The van der Waals surface area contributed by atoms with Crippen LogP contribution in [0.1, 0.15) is 33.0 Å². The predicted molar refractivity (Wildman–Crippen MR) is 73.4 cm³/mol. The standard InChI is InChI=1S/C14H18FN3O2/c1-4-14(3,19-5-2)13-17-12(20-18-13)10-8-9(15)6-7-11(10)16/h6-8H,4-5,16H2,1-3H3. The number of benzene rings is 1. The highest BCUT2D eigenvalue weighted by molar-refractivity contribution is 5.70. The average molecular weight is 279 g/mol. The smallest absolute Gasteiger partial charge is 0.260 e. The summed E-state index contributed by atoms with van der Waals surface area (Å²) >= 11 is 0. The Balaban J connectivity index is 2.40. The molecule has 0 aliphatic carbocycles. The van der Waals surface area contributed by atoms with Crippen molar-refractivity contribution < 1.29 is 13.7 Å². The van der Waals surface area contributed by atoms with Crippen LogP contribution in [-0.4, -0.2) is 16.7 Å². The lowest BCUT2D eigenvalue weighted by Gasteiger charge is -2.23. The monoisotopic (exact) mass is 279 g/mol. The van der Waals surface area contributed by atoms with Gasteiger partial charge in [0.25, 0.3) is 5.89 Å². The van der Waals surface area contributed by atoms with Gasteiger partial charge in [-0.15, -0.1) is 0 Å². The molecule has 1 unspecified atom stereocenters. The molecule has 20 heavy (non-hydrogen) atoms. The highest BCUT2D eigenvalue weighted by Crippen LogP contribution is 2.30. The molecule has 0 saturated heterocycles. The van der Waals surface area contributed by atoms with Gasteiger partial charge in [-0.05, 0) is 38.5 Å². The molecule has 1 heterocycles. The fraction of sp³-hybridized carbons (Fsp3) is 0.429. The second-order valence-corrected chi connectivity index (χ2v) is 4.67. The molecule has 0 fully saturated rings. The fourth-order valence-electron chi connectivity index (χ4n) is 1.90. The number of hydrogen-bond donors (Lipinski definition) is 1. The summed E-state index contributed by atoms with van der Waals surface area (Å²) in [6.07, 6.45) is 0.693. The molecular weight excluding hydrogens is 261 g/mol. The third-order valence-corrected chi connectivity index (χ3v) is 3.28. The molecule has 0 spiro atoms. The summed E-state index contributed by atoms with van der Waals surface area (Å²) in [6, 6.07) is 4.03. The number of anilines is 1. The van der Waals surface area contributed by atoms with Crippen molar-refractivity contribution in [1.29, 1.82) is 0 Å². The van der Waals surface area contributed by atoms with Crippen LogP contribution in [0.5, 0.6) is 0 Å². The number of nitrogens with two attached hydrogens (primary N) is 1. The molecule has 0 radical (unpaired) electrons. The van der Waals surface area contributed by atoms with E-state index < -0.39 is 11.4 Å². The van der Waals surface area contributed by atoms with Crippen LogP contribution in [0.2, 0.25) is 0 Å². The zero-order valence-corrected chi connectivity index (χ0v) is 11.8. The Kier molecular flexibility index (Phi) is 4.04. The molecule has 108 valence electrons. The summed E-state index contributed by atoms with van der Waals surface area (Å²) in [5.41, 5.74) is 5.95. The molecule has 0 aliphatic rings. The van der Waals surface area contributed by atoms with E-state index >= 15 is 0 Å². The normalized spacial score (nSPS) is 14.2. The van der Waals surface area contributed by atoms with Gasteiger partial charge in [0, 0.05) is 12.3 Å². The molecule has 0 amide bonds. The summed E-state index contributed by atoms with van der Waals surface area (Å²) in [5.74, 6) is 0.217. The van der Waals surface area contributed by atoms with Gasteiger partial charge < -0.3 is 15.0 Å². The molecule has 1 aromatic carbocycles. The molecule has 2 N–H and O–H groups in total. The minimum Gasteiger partial charge on any atom is -0.398 e. The minimum atomic E-state index is -0.626. The molecule has 0 aliphatic heterocycles. The van der Waals surface area contributed by atoms with Gasteiger partial charge in [0.2, 0.25) is 5.82 Å². The topological polar surface area (TPSA) is 74.2 Å². The van der Waals surface area contributed by atoms with Gasteiger partial charge in [-0.3, -0.25) is 0 Å². The van der Waals surface area contributed by atoms with Crippen molar-refractivity contribution in [2.24, 2.45) is 0 Å². The highest BCUT2D eigenvalue weighted by Gasteiger charge is 2.31. The van der Waals surface area contributed by atoms with E-state index in [-0.39, 0.29) is 5.89 Å². The first-order chi connectivity index (χ1) is 9.50. The largest absolute Gasteiger partial charge is 0.398 e. The number of aromatic nitrogens is 2. The van der Waals surface area contributed by atoms with Gasteiger partial charge >= 0.3 is 0 Å². The lowest BCUT2D eigenvalue weighted by atomic mass is 10.0. The Morgan fingerprint density at radius 1 is 1.40 bits per heavy atom. The van der Waals surface area contributed by atoms with Gasteiger partial charge in [0.1, 0.15) is 11.4 Å². The molecule has 1 atom stereocenters. The van der Waals surface area contributed by atoms with Crippen molar-refractivity contribution in [2.45, 2.75) is 32.8 Å². The van der Waals surface area contributed by atoms with E-state index in [2.05, 4.69) is 10.1 Å². The van der Waals surface area contributed by atoms with E-state index in [0.29, 0.717) is 30.1 Å². The first-order valence-corrected chi connectivity index (χ1v) is 6.53. The van der Waals surface area contributed by atoms with Crippen LogP contribution < -0.4 is 5.73 Å². The molecule has 1 aromatic heterocycles. The predicted octanol–water partition coefficient (Wildman–Crippen LogP) is 3.12. The van der Waals surface area contributed by atoms with Crippen molar-refractivity contribution in [3.63, 3.8) is 0 Å². The van der Waals surface area contributed by atoms with Crippen LogP contribution in [0.3, 0.4) is 0 Å². The summed E-state index contributed by atoms with van der Waals surface area (Å²) in [4.78, 5) is 4.29. The molecule has 2 rings (SSSR count). The Labute approximate surface area is 116 Å². The number of nitrogen functional groups attached to an aromatic ring is 1. The van der Waals surface area contributed by atoms with Crippen LogP contribution in [0.4, 0.5) is 10.1 Å². The molecule has 0 bridgehead atoms. The van der Waals surface area contributed by atoms with Crippen molar-refractivity contribution >= 4 is 5.69 Å². The number of nitrogens with zero attached hydrogens (tertiary/aromatic N) is 2. The van der Waals surface area contributed by atoms with Crippen LogP contribution >= 0.6 is 0 Å². The Bertz CT molecular complexity index is 600. The molecular formula is C14H18FN3O2. The maximum atomic E-state index is 13.3. The maximum Gasteiger partial charge on any atom is 0.260 e. The van der Waals surface area contributed by atoms with Gasteiger partial charge in [0.15, 0.2) is 0 Å². The molecule has 5 nitrogen and oxygen atoms in total. The van der Waals surface area contributed by atoms with E-state index in [0.717, 1.165) is 0 Å². The average Bonchev–Trinajstić information content (AvgIpc) is 2.92. The van der Waals surface area contributed by atoms with Crippen molar-refractivity contribution in [1.82, 2.24) is 10.1 Å². The zero-order chi connectivity index (χ0) is 14.8. The van der Waals surface area contributed by atoms with Gasteiger partial charge in [-0.2, -0.15) is 4.98 Å². The third-order valence-electron chi connectivity index (χ3n) is 3.28. The van der Waals surface area contributed by atoms with Crippen LogP contribution in [0.25, 0.3) is 11.5 Å². The first kappa shape index (κ1) is 14.5.